The molecule has 5 aliphatic rings. The van der Waals surface area contributed by atoms with Crippen molar-refractivity contribution < 1.29 is 33.3 Å². The molecule has 44 heavy (non-hydrogen) atoms. The summed E-state index contributed by atoms with van der Waals surface area (Å²) in [5.74, 6) is 2.90. The molecular weight excluding hydrogens is 576 g/mol. The molecule has 0 amide bonds. The van der Waals surface area contributed by atoms with Gasteiger partial charge in [-0.25, -0.2) is 0 Å². The van der Waals surface area contributed by atoms with Crippen molar-refractivity contribution >= 4 is 29.7 Å². The molecule has 0 aromatic heterocycles. The van der Waals surface area contributed by atoms with Crippen LogP contribution in [0.3, 0.4) is 0 Å². The summed E-state index contributed by atoms with van der Waals surface area (Å²) in [6.07, 6.45) is 6.34. The Bertz CT molecular complexity index is 1250. The average Bonchev–Trinajstić information content (AvgIpc) is 3.33. The SMILES string of the molecule is COc1ccc(CS[C@@H]2[C@H]3[C@@H]([C@H](OC(C)=O)C[C@@H]4C[C@H](OC(C)=O)CC[C@@]43C)[C@@H]3CC[C@@H]4[C@H](C)CCC(=O)O[C@@H]2[C@]43C)cc1. The van der Waals surface area contributed by atoms with Crippen LogP contribution in [-0.4, -0.2) is 48.6 Å². The molecule has 5 fully saturated rings. The van der Waals surface area contributed by atoms with Crippen molar-refractivity contribution in [2.24, 2.45) is 46.3 Å². The van der Waals surface area contributed by atoms with Crippen molar-refractivity contribution in [1.29, 1.82) is 0 Å². The van der Waals surface area contributed by atoms with Gasteiger partial charge in [-0.1, -0.05) is 32.9 Å². The molecule has 0 radical (unpaired) electrons. The molecule has 4 aliphatic carbocycles. The molecule has 1 aliphatic heterocycles. The molecule has 242 valence electrons. The Morgan fingerprint density at radius 3 is 2.36 bits per heavy atom. The van der Waals surface area contributed by atoms with Crippen LogP contribution in [0.2, 0.25) is 0 Å². The maximum Gasteiger partial charge on any atom is 0.306 e. The molecular formula is C36H50O7S. The van der Waals surface area contributed by atoms with Gasteiger partial charge in [0, 0.05) is 42.6 Å². The van der Waals surface area contributed by atoms with Crippen molar-refractivity contribution in [1.82, 2.24) is 0 Å². The first-order chi connectivity index (χ1) is 20.9. The number of hydrogen-bond acceptors (Lipinski definition) is 8. The standard InChI is InChI=1S/C36H50O7S/c1-20-7-14-30(39)43-34-33(44-19-23-8-10-25(40-6)11-9-23)32-31(28-13-12-27(20)36(28,34)5)29(42-22(3)38)18-24-17-26(41-21(2)37)15-16-35(24,32)4/h8-11,20,24,26-29,31-34H,7,12-19H2,1-6H3/t20-,24+,26-,27-,28+,29-,31-,32-,33-,34+,35+,36-/m1/s1. The summed E-state index contributed by atoms with van der Waals surface area (Å²) < 4.78 is 24.2. The number of esters is 3. The minimum absolute atomic E-state index is 0.0503. The Balaban J connectivity index is 1.45. The fourth-order valence-corrected chi connectivity index (χ4v) is 12.7. The Morgan fingerprint density at radius 2 is 1.68 bits per heavy atom. The predicted octanol–water partition coefficient (Wildman–Crippen LogP) is 6.99. The van der Waals surface area contributed by atoms with Crippen LogP contribution in [0.25, 0.3) is 0 Å². The first kappa shape index (κ1) is 31.7. The minimum atomic E-state index is -0.238. The Kier molecular flexibility index (Phi) is 8.79. The molecule has 1 heterocycles. The highest BCUT2D eigenvalue weighted by atomic mass is 32.2. The fourth-order valence-electron chi connectivity index (χ4n) is 10.9. The molecule has 0 unspecified atom stereocenters. The molecule has 8 heteroatoms. The second-order valence-electron chi connectivity index (χ2n) is 14.9. The highest BCUT2D eigenvalue weighted by Gasteiger charge is 2.71. The summed E-state index contributed by atoms with van der Waals surface area (Å²) in [7, 11) is 1.68. The van der Waals surface area contributed by atoms with Gasteiger partial charge < -0.3 is 18.9 Å². The summed E-state index contributed by atoms with van der Waals surface area (Å²) in [6.45, 7) is 10.2. The van der Waals surface area contributed by atoms with E-state index in [1.807, 2.05) is 23.9 Å². The van der Waals surface area contributed by atoms with Gasteiger partial charge >= 0.3 is 17.9 Å². The maximum absolute atomic E-state index is 13.4. The lowest BCUT2D eigenvalue weighted by molar-refractivity contribution is -0.224. The van der Waals surface area contributed by atoms with Crippen molar-refractivity contribution in [3.05, 3.63) is 29.8 Å². The quantitative estimate of drug-likeness (QED) is 0.247. The number of carbonyl (C=O) groups is 3. The molecule has 0 spiro atoms. The number of fused-ring (bicyclic) bond motifs is 4. The molecule has 1 aromatic carbocycles. The number of ether oxygens (including phenoxy) is 4. The van der Waals surface area contributed by atoms with Crippen LogP contribution in [0.15, 0.2) is 24.3 Å². The monoisotopic (exact) mass is 626 g/mol. The average molecular weight is 627 g/mol. The Morgan fingerprint density at radius 1 is 0.977 bits per heavy atom. The summed E-state index contributed by atoms with van der Waals surface area (Å²) in [6, 6.07) is 8.26. The number of carbonyl (C=O) groups excluding carboxylic acids is 3. The van der Waals surface area contributed by atoms with Crippen LogP contribution in [0.1, 0.15) is 91.5 Å². The molecule has 6 rings (SSSR count). The largest absolute Gasteiger partial charge is 0.497 e. The Hall–Kier alpha value is -2.22. The van der Waals surface area contributed by atoms with E-state index >= 15 is 0 Å². The molecule has 0 N–H and O–H groups in total. The Labute approximate surface area is 266 Å². The van der Waals surface area contributed by atoms with Gasteiger partial charge in [-0.2, -0.15) is 0 Å². The van der Waals surface area contributed by atoms with E-state index in [0.717, 1.165) is 56.4 Å². The number of benzene rings is 1. The van der Waals surface area contributed by atoms with Gasteiger partial charge in [0.2, 0.25) is 0 Å². The lowest BCUT2D eigenvalue weighted by Crippen LogP contribution is -2.68. The highest BCUT2D eigenvalue weighted by Crippen LogP contribution is 2.71. The zero-order valence-electron chi connectivity index (χ0n) is 27.2. The van der Waals surface area contributed by atoms with E-state index in [4.69, 9.17) is 18.9 Å². The minimum Gasteiger partial charge on any atom is -0.497 e. The number of hydrogen-bond donors (Lipinski definition) is 0. The van der Waals surface area contributed by atoms with Crippen LogP contribution < -0.4 is 4.74 Å². The van der Waals surface area contributed by atoms with Crippen LogP contribution >= 0.6 is 11.8 Å². The number of methoxy groups -OCH3 is 1. The first-order valence-electron chi connectivity index (χ1n) is 16.7. The maximum atomic E-state index is 13.4. The molecule has 1 aromatic rings. The zero-order valence-corrected chi connectivity index (χ0v) is 28.0. The molecule has 7 nitrogen and oxygen atoms in total. The molecule has 1 saturated heterocycles. The van der Waals surface area contributed by atoms with E-state index in [9.17, 15) is 14.4 Å². The summed E-state index contributed by atoms with van der Waals surface area (Å²) in [4.78, 5) is 38.0. The molecule has 4 saturated carbocycles. The van der Waals surface area contributed by atoms with Gasteiger partial charge in [-0.15, -0.1) is 11.8 Å². The van der Waals surface area contributed by atoms with Crippen LogP contribution in [0, 0.1) is 46.3 Å². The fraction of sp³-hybridized carbons (Fsp3) is 0.750. The third kappa shape index (κ3) is 5.45. The van der Waals surface area contributed by atoms with Crippen LogP contribution in [-0.2, 0) is 34.3 Å². The predicted molar refractivity (Wildman–Crippen MR) is 169 cm³/mol. The second-order valence-corrected chi connectivity index (χ2v) is 16.1. The second kappa shape index (κ2) is 12.2. The van der Waals surface area contributed by atoms with Gasteiger partial charge in [0.15, 0.2) is 0 Å². The molecule has 0 bridgehead atoms. The van der Waals surface area contributed by atoms with E-state index in [1.165, 1.54) is 19.4 Å². The van der Waals surface area contributed by atoms with Crippen molar-refractivity contribution in [3.8, 4) is 5.75 Å². The van der Waals surface area contributed by atoms with E-state index in [-0.39, 0.29) is 70.1 Å². The summed E-state index contributed by atoms with van der Waals surface area (Å²) in [5, 5.41) is 0.0503. The smallest absolute Gasteiger partial charge is 0.306 e. The van der Waals surface area contributed by atoms with E-state index in [0.29, 0.717) is 24.2 Å². The van der Waals surface area contributed by atoms with Crippen LogP contribution in [0.4, 0.5) is 0 Å². The van der Waals surface area contributed by atoms with Gasteiger partial charge in [-0.3, -0.25) is 14.4 Å². The van der Waals surface area contributed by atoms with E-state index in [1.54, 1.807) is 7.11 Å². The highest BCUT2D eigenvalue weighted by molar-refractivity contribution is 7.99. The van der Waals surface area contributed by atoms with Crippen molar-refractivity contribution in [2.75, 3.05) is 7.11 Å². The summed E-state index contributed by atoms with van der Waals surface area (Å²) >= 11 is 1.93. The van der Waals surface area contributed by atoms with Gasteiger partial charge in [0.25, 0.3) is 0 Å². The van der Waals surface area contributed by atoms with E-state index < -0.39 is 0 Å². The lowest BCUT2D eigenvalue weighted by atomic mass is 9.42. The van der Waals surface area contributed by atoms with Crippen molar-refractivity contribution in [3.63, 3.8) is 0 Å². The van der Waals surface area contributed by atoms with Crippen molar-refractivity contribution in [2.45, 2.75) is 115 Å². The van der Waals surface area contributed by atoms with Gasteiger partial charge in [0.1, 0.15) is 24.1 Å². The lowest BCUT2D eigenvalue weighted by Gasteiger charge is -2.66. The zero-order chi connectivity index (χ0) is 31.4. The summed E-state index contributed by atoms with van der Waals surface area (Å²) in [5.41, 5.74) is 0.959. The third-order valence-electron chi connectivity index (χ3n) is 12.7. The number of rotatable bonds is 6. The normalized spacial score (nSPS) is 42.8. The molecule has 12 atom stereocenters. The topological polar surface area (TPSA) is 88.1 Å². The van der Waals surface area contributed by atoms with Crippen LogP contribution in [0.5, 0.6) is 5.75 Å². The number of thioether (sulfide) groups is 1. The first-order valence-corrected chi connectivity index (χ1v) is 17.8. The van der Waals surface area contributed by atoms with Gasteiger partial charge in [0.05, 0.1) is 7.11 Å². The third-order valence-corrected chi connectivity index (χ3v) is 14.1. The van der Waals surface area contributed by atoms with Gasteiger partial charge in [-0.05, 0) is 97.6 Å². The van der Waals surface area contributed by atoms with E-state index in [2.05, 4.69) is 32.9 Å².